The molecule has 1 aromatic carbocycles. The summed E-state index contributed by atoms with van der Waals surface area (Å²) in [4.78, 5) is 2.39. The molecule has 124 valence electrons. The standard InChI is InChI=1S/C19H31NO2/c1-7-11-20(12-8-2)18-16(21)15-10-9-13(3)14(4)17(15)22-19(18,5)6/h9-10,16,18,21H,7-8,11-12H2,1-6H3. The van der Waals surface area contributed by atoms with Gasteiger partial charge in [0.05, 0.1) is 6.04 Å². The predicted molar refractivity (Wildman–Crippen MR) is 91.5 cm³/mol. The molecule has 2 atom stereocenters. The summed E-state index contributed by atoms with van der Waals surface area (Å²) >= 11 is 0. The lowest BCUT2D eigenvalue weighted by Gasteiger charge is -2.48. The highest BCUT2D eigenvalue weighted by Gasteiger charge is 2.46. The molecule has 3 nitrogen and oxygen atoms in total. The van der Waals surface area contributed by atoms with E-state index in [2.05, 4.69) is 52.5 Å². The summed E-state index contributed by atoms with van der Waals surface area (Å²) in [5.74, 6) is 0.877. The van der Waals surface area contributed by atoms with E-state index >= 15 is 0 Å². The van der Waals surface area contributed by atoms with Gasteiger partial charge in [0.15, 0.2) is 0 Å². The quantitative estimate of drug-likeness (QED) is 0.892. The third kappa shape index (κ3) is 3.02. The molecular weight excluding hydrogens is 274 g/mol. The first-order chi connectivity index (χ1) is 10.3. The molecular formula is C19H31NO2. The molecule has 0 bridgehead atoms. The fourth-order valence-electron chi connectivity index (χ4n) is 3.66. The number of aliphatic hydroxyl groups is 1. The number of fused-ring (bicyclic) bond motifs is 1. The van der Waals surface area contributed by atoms with Crippen LogP contribution in [-0.2, 0) is 0 Å². The van der Waals surface area contributed by atoms with Crippen LogP contribution < -0.4 is 4.74 Å². The second-order valence-corrected chi connectivity index (χ2v) is 7.06. The molecule has 0 spiro atoms. The first-order valence-electron chi connectivity index (χ1n) is 8.54. The van der Waals surface area contributed by atoms with Crippen LogP contribution in [0.25, 0.3) is 0 Å². The Morgan fingerprint density at radius 2 is 1.73 bits per heavy atom. The van der Waals surface area contributed by atoms with Crippen LogP contribution in [0.4, 0.5) is 0 Å². The molecule has 2 unspecified atom stereocenters. The summed E-state index contributed by atoms with van der Waals surface area (Å²) in [5, 5.41) is 11.1. The van der Waals surface area contributed by atoms with Crippen molar-refractivity contribution in [1.29, 1.82) is 0 Å². The van der Waals surface area contributed by atoms with Crippen LogP contribution in [0.15, 0.2) is 12.1 Å². The molecule has 0 radical (unpaired) electrons. The van der Waals surface area contributed by atoms with Crippen molar-refractivity contribution in [3.63, 3.8) is 0 Å². The minimum absolute atomic E-state index is 0.0120. The van der Waals surface area contributed by atoms with Crippen LogP contribution in [0.3, 0.4) is 0 Å². The predicted octanol–water partition coefficient (Wildman–Crippen LogP) is 4.00. The molecule has 1 heterocycles. The summed E-state index contributed by atoms with van der Waals surface area (Å²) in [6.45, 7) is 14.7. The molecule has 2 rings (SSSR count). The van der Waals surface area contributed by atoms with Crippen LogP contribution in [0.1, 0.15) is 63.3 Å². The summed E-state index contributed by atoms with van der Waals surface area (Å²) in [7, 11) is 0. The van der Waals surface area contributed by atoms with E-state index in [1.807, 2.05) is 6.07 Å². The van der Waals surface area contributed by atoms with Gasteiger partial charge in [0, 0.05) is 5.56 Å². The Bertz CT molecular complexity index is 518. The topological polar surface area (TPSA) is 32.7 Å². The summed E-state index contributed by atoms with van der Waals surface area (Å²) in [6, 6.07) is 4.10. The number of aliphatic hydroxyl groups excluding tert-OH is 1. The number of hydrogen-bond acceptors (Lipinski definition) is 3. The minimum atomic E-state index is -0.504. The minimum Gasteiger partial charge on any atom is -0.485 e. The second-order valence-electron chi connectivity index (χ2n) is 7.06. The molecule has 0 aliphatic carbocycles. The number of hydrogen-bond donors (Lipinski definition) is 1. The molecule has 1 aliphatic heterocycles. The molecule has 0 saturated heterocycles. The molecule has 0 aromatic heterocycles. The summed E-state index contributed by atoms with van der Waals surface area (Å²) < 4.78 is 6.39. The normalized spacial score (nSPS) is 23.3. The molecule has 1 aromatic rings. The first-order valence-corrected chi connectivity index (χ1v) is 8.54. The monoisotopic (exact) mass is 305 g/mol. The van der Waals surface area contributed by atoms with Crippen molar-refractivity contribution in [3.8, 4) is 5.75 Å². The van der Waals surface area contributed by atoms with E-state index in [-0.39, 0.29) is 6.04 Å². The molecule has 1 N–H and O–H groups in total. The average molecular weight is 305 g/mol. The number of ether oxygens (including phenoxy) is 1. The van der Waals surface area contributed by atoms with E-state index in [1.54, 1.807) is 0 Å². The van der Waals surface area contributed by atoms with E-state index in [1.165, 1.54) is 5.56 Å². The Balaban J connectivity index is 2.46. The number of rotatable bonds is 5. The van der Waals surface area contributed by atoms with E-state index in [9.17, 15) is 5.11 Å². The maximum atomic E-state index is 11.1. The van der Waals surface area contributed by atoms with E-state index < -0.39 is 11.7 Å². The highest BCUT2D eigenvalue weighted by molar-refractivity contribution is 5.49. The van der Waals surface area contributed by atoms with Crippen molar-refractivity contribution >= 4 is 0 Å². The van der Waals surface area contributed by atoms with Gasteiger partial charge >= 0.3 is 0 Å². The second kappa shape index (κ2) is 6.59. The van der Waals surface area contributed by atoms with Gasteiger partial charge in [-0.25, -0.2) is 0 Å². The molecule has 0 fully saturated rings. The lowest BCUT2D eigenvalue weighted by Crippen LogP contribution is -2.58. The maximum absolute atomic E-state index is 11.1. The van der Waals surface area contributed by atoms with Gasteiger partial charge in [0.2, 0.25) is 0 Å². The summed E-state index contributed by atoms with van der Waals surface area (Å²) in [6.07, 6.45) is 1.66. The van der Waals surface area contributed by atoms with Crippen molar-refractivity contribution in [3.05, 3.63) is 28.8 Å². The van der Waals surface area contributed by atoms with Gasteiger partial charge in [-0.1, -0.05) is 26.0 Å². The van der Waals surface area contributed by atoms with Crippen molar-refractivity contribution in [2.24, 2.45) is 0 Å². The molecule has 3 heteroatoms. The Kier molecular flexibility index (Phi) is 5.18. The van der Waals surface area contributed by atoms with Crippen LogP contribution in [-0.4, -0.2) is 34.7 Å². The average Bonchev–Trinajstić information content (AvgIpc) is 2.43. The van der Waals surface area contributed by atoms with Crippen LogP contribution >= 0.6 is 0 Å². The van der Waals surface area contributed by atoms with Gasteiger partial charge < -0.3 is 9.84 Å². The van der Waals surface area contributed by atoms with E-state index in [4.69, 9.17) is 4.74 Å². The van der Waals surface area contributed by atoms with Gasteiger partial charge in [0.25, 0.3) is 0 Å². The SMILES string of the molecule is CCCN(CCC)C1C(O)c2ccc(C)c(C)c2OC1(C)C. The van der Waals surface area contributed by atoms with Gasteiger partial charge in [-0.3, -0.25) is 4.90 Å². The zero-order valence-electron chi connectivity index (χ0n) is 14.9. The highest BCUT2D eigenvalue weighted by Crippen LogP contribution is 2.44. The zero-order chi connectivity index (χ0) is 16.5. The van der Waals surface area contributed by atoms with Crippen molar-refractivity contribution < 1.29 is 9.84 Å². The third-order valence-electron chi connectivity index (χ3n) is 4.82. The number of nitrogens with zero attached hydrogens (tertiary/aromatic N) is 1. The summed E-state index contributed by atoms with van der Waals surface area (Å²) in [5.41, 5.74) is 2.87. The lowest BCUT2D eigenvalue weighted by atomic mass is 9.83. The molecule has 0 amide bonds. The Hall–Kier alpha value is -1.06. The Labute approximate surface area is 135 Å². The van der Waals surface area contributed by atoms with Crippen molar-refractivity contribution in [2.45, 2.75) is 72.1 Å². The molecule has 22 heavy (non-hydrogen) atoms. The van der Waals surface area contributed by atoms with Crippen LogP contribution in [0, 0.1) is 13.8 Å². The van der Waals surface area contributed by atoms with Crippen LogP contribution in [0.2, 0.25) is 0 Å². The van der Waals surface area contributed by atoms with Crippen molar-refractivity contribution in [1.82, 2.24) is 4.90 Å². The van der Waals surface area contributed by atoms with E-state index in [0.29, 0.717) is 0 Å². The van der Waals surface area contributed by atoms with Gasteiger partial charge in [-0.05, 0) is 64.8 Å². The van der Waals surface area contributed by atoms with Gasteiger partial charge in [-0.15, -0.1) is 0 Å². The first kappa shape index (κ1) is 17.3. The highest BCUT2D eigenvalue weighted by atomic mass is 16.5. The smallest absolute Gasteiger partial charge is 0.129 e. The molecule has 0 saturated carbocycles. The maximum Gasteiger partial charge on any atom is 0.129 e. The number of benzene rings is 1. The lowest BCUT2D eigenvalue weighted by molar-refractivity contribution is -0.0831. The fourth-order valence-corrected chi connectivity index (χ4v) is 3.66. The Morgan fingerprint density at radius 1 is 1.14 bits per heavy atom. The van der Waals surface area contributed by atoms with E-state index in [0.717, 1.165) is 42.8 Å². The number of aryl methyl sites for hydroxylation is 1. The molecule has 1 aliphatic rings. The fraction of sp³-hybridized carbons (Fsp3) is 0.684. The van der Waals surface area contributed by atoms with Gasteiger partial charge in [-0.2, -0.15) is 0 Å². The zero-order valence-corrected chi connectivity index (χ0v) is 14.9. The Morgan fingerprint density at radius 3 is 2.27 bits per heavy atom. The third-order valence-corrected chi connectivity index (χ3v) is 4.82. The van der Waals surface area contributed by atoms with Gasteiger partial charge in [0.1, 0.15) is 17.5 Å². The largest absolute Gasteiger partial charge is 0.485 e. The van der Waals surface area contributed by atoms with Crippen molar-refractivity contribution in [2.75, 3.05) is 13.1 Å². The van der Waals surface area contributed by atoms with Crippen LogP contribution in [0.5, 0.6) is 5.75 Å².